The van der Waals surface area contributed by atoms with Gasteiger partial charge in [0.25, 0.3) is 0 Å². The number of aliphatic hydroxyl groups excluding tert-OH is 1. The fourth-order valence-corrected chi connectivity index (χ4v) is 5.64. The lowest BCUT2D eigenvalue weighted by atomic mass is 10.00. The molecule has 0 radical (unpaired) electrons. The molecule has 0 fully saturated rings. The van der Waals surface area contributed by atoms with Gasteiger partial charge in [0, 0.05) is 5.75 Å². The molecule has 0 spiro atoms. The van der Waals surface area contributed by atoms with Crippen LogP contribution in [-0.4, -0.2) is 33.4 Å². The highest BCUT2D eigenvalue weighted by Crippen LogP contribution is 2.36. The van der Waals surface area contributed by atoms with Crippen molar-refractivity contribution in [2.24, 2.45) is 0 Å². The number of hydrogen-bond acceptors (Lipinski definition) is 4. The monoisotopic (exact) mass is 538 g/mol. The Balaban J connectivity index is 1.50. The SMILES string of the molecule is O=C(O)c1ccc(CSC(c2cccc(CCCCCCCCc3ccccc3)c2)C(O)C(=O)O)c(F)c1. The van der Waals surface area contributed by atoms with Crippen molar-refractivity contribution in [2.75, 3.05) is 0 Å². The molecule has 0 saturated carbocycles. The van der Waals surface area contributed by atoms with Gasteiger partial charge in [0.1, 0.15) is 5.82 Å². The highest BCUT2D eigenvalue weighted by Gasteiger charge is 2.28. The molecule has 3 rings (SSSR count). The largest absolute Gasteiger partial charge is 0.479 e. The maximum Gasteiger partial charge on any atom is 0.335 e. The molecule has 7 heteroatoms. The number of carbonyl (C=O) groups is 2. The van der Waals surface area contributed by atoms with Gasteiger partial charge in [0.05, 0.1) is 10.8 Å². The third-order valence-electron chi connectivity index (χ3n) is 6.56. The van der Waals surface area contributed by atoms with E-state index in [0.29, 0.717) is 5.56 Å². The number of rotatable bonds is 16. The number of aromatic carboxylic acids is 1. The third kappa shape index (κ3) is 9.30. The summed E-state index contributed by atoms with van der Waals surface area (Å²) in [6, 6.07) is 21.8. The maximum atomic E-state index is 14.4. The van der Waals surface area contributed by atoms with Crippen molar-refractivity contribution in [1.82, 2.24) is 0 Å². The fraction of sp³-hybridized carbons (Fsp3) is 0.355. The average Bonchev–Trinajstić information content (AvgIpc) is 2.91. The number of aryl methyl sites for hydroxylation is 2. The second-order valence-corrected chi connectivity index (χ2v) is 10.6. The number of halogens is 1. The van der Waals surface area contributed by atoms with Crippen LogP contribution in [0, 0.1) is 5.82 Å². The molecule has 3 N–H and O–H groups in total. The molecule has 0 aliphatic rings. The van der Waals surface area contributed by atoms with Gasteiger partial charge in [-0.25, -0.2) is 14.0 Å². The first-order chi connectivity index (χ1) is 18.3. The normalized spacial score (nSPS) is 12.7. The first-order valence-corrected chi connectivity index (χ1v) is 14.1. The van der Waals surface area contributed by atoms with Crippen LogP contribution in [0.5, 0.6) is 0 Å². The standard InChI is InChI=1S/C31H35FO5S/c32-27-20-25(30(34)35)17-18-26(27)21-38-29(28(33)31(36)37)24-16-10-15-23(19-24)14-7-4-2-1-3-6-11-22-12-8-5-9-13-22/h5,8-10,12-13,15-20,28-29,33H,1-4,6-7,11,14,21H2,(H,34,35)(H,36,37). The van der Waals surface area contributed by atoms with E-state index in [4.69, 9.17) is 5.11 Å². The van der Waals surface area contributed by atoms with Crippen LogP contribution < -0.4 is 0 Å². The lowest BCUT2D eigenvalue weighted by Crippen LogP contribution is -2.26. The third-order valence-corrected chi connectivity index (χ3v) is 7.93. The number of carboxylic acids is 2. The second kappa shape index (κ2) is 15.3. The van der Waals surface area contributed by atoms with E-state index in [0.717, 1.165) is 49.1 Å². The van der Waals surface area contributed by atoms with E-state index in [-0.39, 0.29) is 16.9 Å². The van der Waals surface area contributed by atoms with E-state index >= 15 is 0 Å². The van der Waals surface area contributed by atoms with E-state index in [1.165, 1.54) is 43.4 Å². The Hall–Kier alpha value is -3.16. The molecular weight excluding hydrogens is 503 g/mol. The Morgan fingerprint density at radius 3 is 2.03 bits per heavy atom. The van der Waals surface area contributed by atoms with Crippen LogP contribution in [0.1, 0.15) is 76.4 Å². The zero-order chi connectivity index (χ0) is 27.3. The number of aliphatic carboxylic acids is 1. The molecule has 38 heavy (non-hydrogen) atoms. The predicted octanol–water partition coefficient (Wildman–Crippen LogP) is 7.07. The molecule has 0 heterocycles. The van der Waals surface area contributed by atoms with Gasteiger partial charge in [-0.05, 0) is 60.1 Å². The van der Waals surface area contributed by atoms with Crippen molar-refractivity contribution in [3.8, 4) is 0 Å². The minimum absolute atomic E-state index is 0.0925. The van der Waals surface area contributed by atoms with Gasteiger partial charge in [-0.2, -0.15) is 0 Å². The van der Waals surface area contributed by atoms with Gasteiger partial charge in [0.15, 0.2) is 6.10 Å². The molecule has 2 unspecified atom stereocenters. The number of benzene rings is 3. The molecule has 3 aromatic rings. The van der Waals surface area contributed by atoms with Gasteiger partial charge >= 0.3 is 11.9 Å². The van der Waals surface area contributed by atoms with Gasteiger partial charge in [-0.3, -0.25) is 0 Å². The lowest BCUT2D eigenvalue weighted by molar-refractivity contribution is -0.146. The van der Waals surface area contributed by atoms with Crippen LogP contribution in [0.2, 0.25) is 0 Å². The van der Waals surface area contributed by atoms with Crippen LogP contribution in [0.25, 0.3) is 0 Å². The average molecular weight is 539 g/mol. The van der Waals surface area contributed by atoms with Crippen LogP contribution in [0.4, 0.5) is 4.39 Å². The van der Waals surface area contributed by atoms with E-state index in [9.17, 15) is 24.2 Å². The quantitative estimate of drug-likeness (QED) is 0.169. The number of carboxylic acid groups (broad SMARTS) is 2. The maximum absolute atomic E-state index is 14.4. The molecule has 3 aromatic carbocycles. The number of hydrogen-bond donors (Lipinski definition) is 3. The van der Waals surface area contributed by atoms with Crippen LogP contribution in [-0.2, 0) is 23.4 Å². The van der Waals surface area contributed by atoms with E-state index in [1.807, 2.05) is 24.3 Å². The Bertz CT molecular complexity index is 1180. The molecule has 0 aliphatic carbocycles. The number of unbranched alkanes of at least 4 members (excludes halogenated alkanes) is 5. The highest BCUT2D eigenvalue weighted by molar-refractivity contribution is 7.98. The lowest BCUT2D eigenvalue weighted by Gasteiger charge is -2.21. The first kappa shape index (κ1) is 29.4. The summed E-state index contributed by atoms with van der Waals surface area (Å²) < 4.78 is 14.4. The van der Waals surface area contributed by atoms with Crippen molar-refractivity contribution in [1.29, 1.82) is 0 Å². The summed E-state index contributed by atoms with van der Waals surface area (Å²) in [6.45, 7) is 0. The van der Waals surface area contributed by atoms with Crippen molar-refractivity contribution in [2.45, 2.75) is 68.5 Å². The first-order valence-electron chi connectivity index (χ1n) is 13.0. The molecule has 0 amide bonds. The molecule has 0 bridgehead atoms. The van der Waals surface area contributed by atoms with Crippen molar-refractivity contribution < 1.29 is 29.3 Å². The van der Waals surface area contributed by atoms with E-state index in [1.54, 1.807) is 6.07 Å². The van der Waals surface area contributed by atoms with Crippen molar-refractivity contribution in [3.63, 3.8) is 0 Å². The number of thioether (sulfide) groups is 1. The molecule has 202 valence electrons. The minimum Gasteiger partial charge on any atom is -0.479 e. The zero-order valence-corrected chi connectivity index (χ0v) is 22.2. The van der Waals surface area contributed by atoms with Crippen LogP contribution in [0.3, 0.4) is 0 Å². The van der Waals surface area contributed by atoms with Gasteiger partial charge in [-0.1, -0.05) is 86.3 Å². The summed E-state index contributed by atoms with van der Waals surface area (Å²) in [5.74, 6) is -3.14. The van der Waals surface area contributed by atoms with Gasteiger partial charge in [0.2, 0.25) is 0 Å². The zero-order valence-electron chi connectivity index (χ0n) is 21.4. The van der Waals surface area contributed by atoms with E-state index < -0.39 is 29.1 Å². The van der Waals surface area contributed by atoms with E-state index in [2.05, 4.69) is 24.3 Å². The van der Waals surface area contributed by atoms with Crippen molar-refractivity contribution >= 4 is 23.7 Å². The summed E-state index contributed by atoms with van der Waals surface area (Å²) >= 11 is 1.12. The fourth-order valence-electron chi connectivity index (χ4n) is 4.41. The molecule has 0 aromatic heterocycles. The molecule has 0 aliphatic heterocycles. The van der Waals surface area contributed by atoms with Crippen LogP contribution >= 0.6 is 11.8 Å². The Labute approximate surface area is 227 Å². The second-order valence-electron chi connectivity index (χ2n) is 9.48. The highest BCUT2D eigenvalue weighted by atomic mass is 32.2. The smallest absolute Gasteiger partial charge is 0.335 e. The summed E-state index contributed by atoms with van der Waals surface area (Å²) in [4.78, 5) is 22.6. The van der Waals surface area contributed by atoms with Gasteiger partial charge in [-0.15, -0.1) is 11.8 Å². The summed E-state index contributed by atoms with van der Waals surface area (Å²) in [7, 11) is 0. The summed E-state index contributed by atoms with van der Waals surface area (Å²) in [6.07, 6.45) is 7.28. The molecule has 0 saturated heterocycles. The Kier molecular flexibility index (Phi) is 11.8. The minimum atomic E-state index is -1.66. The Morgan fingerprint density at radius 2 is 1.39 bits per heavy atom. The summed E-state index contributed by atoms with van der Waals surface area (Å²) in [5.41, 5.74) is 3.23. The molecule has 5 nitrogen and oxygen atoms in total. The predicted molar refractivity (Wildman–Crippen MR) is 149 cm³/mol. The van der Waals surface area contributed by atoms with Gasteiger partial charge < -0.3 is 15.3 Å². The topological polar surface area (TPSA) is 94.8 Å². The van der Waals surface area contributed by atoms with Crippen molar-refractivity contribution in [3.05, 3.63) is 106 Å². The molecular formula is C31H35FO5S. The Morgan fingerprint density at radius 1 is 0.763 bits per heavy atom. The molecule has 2 atom stereocenters. The van der Waals surface area contributed by atoms with Crippen LogP contribution in [0.15, 0.2) is 72.8 Å². The number of aliphatic hydroxyl groups is 1. The summed E-state index contributed by atoms with van der Waals surface area (Å²) in [5, 5.41) is 28.1.